The van der Waals surface area contributed by atoms with Crippen LogP contribution in [0.3, 0.4) is 0 Å². The summed E-state index contributed by atoms with van der Waals surface area (Å²) in [5.41, 5.74) is 8.22. The normalized spacial score (nSPS) is 11.9. The fourth-order valence-electron chi connectivity index (χ4n) is 8.94. The molecule has 10 aromatic carbocycles. The Balaban J connectivity index is 1.11. The first-order valence-corrected chi connectivity index (χ1v) is 18.5. The zero-order chi connectivity index (χ0) is 35.0. The van der Waals surface area contributed by atoms with E-state index in [1.54, 1.807) is 0 Å². The first kappa shape index (κ1) is 29.9. The minimum atomic E-state index is 0.872. The van der Waals surface area contributed by atoms with Crippen molar-refractivity contribution in [1.82, 2.24) is 9.55 Å². The number of hydrogen-bond acceptors (Lipinski definition) is 1. The van der Waals surface area contributed by atoms with E-state index in [0.717, 1.165) is 23.4 Å². The van der Waals surface area contributed by atoms with Crippen molar-refractivity contribution in [3.8, 4) is 33.6 Å². The highest BCUT2D eigenvalue weighted by Gasteiger charge is 2.16. The maximum Gasteiger partial charge on any atom is 0.141 e. The van der Waals surface area contributed by atoms with Gasteiger partial charge in [-0.25, -0.2) is 4.98 Å². The van der Waals surface area contributed by atoms with E-state index >= 15 is 0 Å². The zero-order valence-electron chi connectivity index (χ0n) is 29.3. The Morgan fingerprint density at radius 1 is 0.396 bits per heavy atom. The molecule has 0 aliphatic carbocycles. The Hall–Kier alpha value is -6.77. The second-order valence-corrected chi connectivity index (χ2v) is 14.1. The van der Waals surface area contributed by atoms with Crippen molar-refractivity contribution in [2.75, 3.05) is 0 Å². The fraction of sp³-hybridized carbons (Fsp3) is 0.0392. The minimum Gasteiger partial charge on any atom is -0.324 e. The molecule has 2 heteroatoms. The fourth-order valence-corrected chi connectivity index (χ4v) is 8.94. The third kappa shape index (κ3) is 4.49. The number of para-hydroxylation sites is 2. The molecule has 11 aromatic rings. The summed E-state index contributed by atoms with van der Waals surface area (Å²) >= 11 is 0. The first-order valence-electron chi connectivity index (χ1n) is 18.5. The lowest BCUT2D eigenvalue weighted by Crippen LogP contribution is -1.97. The molecule has 0 amide bonds. The maximum atomic E-state index is 5.00. The Morgan fingerprint density at radius 2 is 0.906 bits per heavy atom. The number of hydrogen-bond donors (Lipinski definition) is 0. The van der Waals surface area contributed by atoms with Gasteiger partial charge in [0.25, 0.3) is 0 Å². The van der Waals surface area contributed by atoms with E-state index in [4.69, 9.17) is 4.98 Å². The molecule has 0 atom stereocenters. The van der Waals surface area contributed by atoms with Gasteiger partial charge in [-0.2, -0.15) is 0 Å². The van der Waals surface area contributed by atoms with Gasteiger partial charge in [-0.3, -0.25) is 0 Å². The third-order valence-electron chi connectivity index (χ3n) is 11.4. The van der Waals surface area contributed by atoms with Gasteiger partial charge >= 0.3 is 0 Å². The second-order valence-electron chi connectivity index (χ2n) is 14.1. The summed E-state index contributed by atoms with van der Waals surface area (Å²) in [4.78, 5) is 5.00. The number of aromatic nitrogens is 2. The number of nitrogens with zero attached hydrogens (tertiary/aromatic N) is 2. The van der Waals surface area contributed by atoms with Gasteiger partial charge < -0.3 is 4.57 Å². The molecule has 0 unspecified atom stereocenters. The molecule has 0 saturated carbocycles. The van der Waals surface area contributed by atoms with Crippen LogP contribution < -0.4 is 0 Å². The van der Waals surface area contributed by atoms with E-state index in [1.165, 1.54) is 92.4 Å². The highest BCUT2D eigenvalue weighted by atomic mass is 15.1. The quantitative estimate of drug-likeness (QED) is 0.170. The van der Waals surface area contributed by atoms with Crippen molar-refractivity contribution in [1.29, 1.82) is 0 Å². The number of imidazole rings is 1. The number of fused-ring (bicyclic) bond motifs is 7. The molecular weight excluding hydrogens is 641 g/mol. The highest BCUT2D eigenvalue weighted by molar-refractivity contribution is 6.33. The van der Waals surface area contributed by atoms with Gasteiger partial charge in [-0.05, 0) is 112 Å². The van der Waals surface area contributed by atoms with Crippen molar-refractivity contribution in [2.24, 2.45) is 0 Å². The third-order valence-corrected chi connectivity index (χ3v) is 11.4. The van der Waals surface area contributed by atoms with E-state index in [2.05, 4.69) is 187 Å². The van der Waals surface area contributed by atoms with E-state index in [9.17, 15) is 0 Å². The molecule has 0 radical (unpaired) electrons. The van der Waals surface area contributed by atoms with Gasteiger partial charge in [0, 0.05) is 12.1 Å². The zero-order valence-corrected chi connectivity index (χ0v) is 29.3. The van der Waals surface area contributed by atoms with Crippen molar-refractivity contribution in [2.45, 2.75) is 13.5 Å². The Bertz CT molecular complexity index is 3260. The molecule has 0 N–H and O–H groups in total. The molecule has 0 bridgehead atoms. The van der Waals surface area contributed by atoms with Crippen LogP contribution in [0.5, 0.6) is 0 Å². The summed E-state index contributed by atoms with van der Waals surface area (Å²) in [6, 6.07) is 64.9. The van der Waals surface area contributed by atoms with E-state index in [1.807, 2.05) is 0 Å². The standard InChI is InChI=1S/C51H34N2/c1-2-53-48-20-8-7-19-47(48)52-51(53)35-25-21-32(22-26-35)37-29-30-38(40-14-4-3-13-39(37)40)36-27-28-43-45-18-10-12-34-24-23-33-11-9-17-44(49(33)50(34)45)41-15-5-6-16-42(41)46(43)31-36/h3-31H,2H2,1H3. The van der Waals surface area contributed by atoms with Gasteiger partial charge in [0.15, 0.2) is 0 Å². The van der Waals surface area contributed by atoms with Gasteiger partial charge in [-0.15, -0.1) is 0 Å². The second kappa shape index (κ2) is 11.6. The van der Waals surface area contributed by atoms with Crippen LogP contribution in [0.2, 0.25) is 0 Å². The summed E-state index contributed by atoms with van der Waals surface area (Å²) in [5.74, 6) is 1.01. The summed E-state index contributed by atoms with van der Waals surface area (Å²) < 4.78 is 2.30. The maximum absolute atomic E-state index is 5.00. The summed E-state index contributed by atoms with van der Waals surface area (Å²) in [6.07, 6.45) is 0. The summed E-state index contributed by atoms with van der Waals surface area (Å²) in [6.45, 7) is 3.06. The molecule has 53 heavy (non-hydrogen) atoms. The van der Waals surface area contributed by atoms with Crippen LogP contribution >= 0.6 is 0 Å². The van der Waals surface area contributed by atoms with Crippen molar-refractivity contribution >= 4 is 75.7 Å². The SMILES string of the molecule is CCn1c(-c2ccc(-c3ccc(-c4ccc5c(c4)c4ccccc4c4cccc6ccc7cccc5c7c64)c4ccccc34)cc2)nc2ccccc21. The van der Waals surface area contributed by atoms with Gasteiger partial charge in [0.05, 0.1) is 11.0 Å². The minimum absolute atomic E-state index is 0.872. The molecule has 0 spiro atoms. The Labute approximate surface area is 307 Å². The topological polar surface area (TPSA) is 17.8 Å². The van der Waals surface area contributed by atoms with Gasteiger partial charge in [0.1, 0.15) is 5.82 Å². The largest absolute Gasteiger partial charge is 0.324 e. The molecular formula is C51H34N2. The predicted octanol–water partition coefficient (Wildman–Crippen LogP) is 14.0. The van der Waals surface area contributed by atoms with Crippen LogP contribution in [0.25, 0.3) is 109 Å². The van der Waals surface area contributed by atoms with Crippen LogP contribution in [-0.4, -0.2) is 9.55 Å². The number of benzene rings is 9. The lowest BCUT2D eigenvalue weighted by molar-refractivity contribution is 0.796. The molecule has 248 valence electrons. The van der Waals surface area contributed by atoms with Crippen LogP contribution in [0.4, 0.5) is 0 Å². The van der Waals surface area contributed by atoms with Crippen LogP contribution in [0.15, 0.2) is 176 Å². The first-order chi connectivity index (χ1) is 26.2. The molecule has 0 aliphatic heterocycles. The van der Waals surface area contributed by atoms with Gasteiger partial charge in [-0.1, -0.05) is 158 Å². The van der Waals surface area contributed by atoms with Crippen LogP contribution in [-0.2, 0) is 6.54 Å². The lowest BCUT2D eigenvalue weighted by Gasteiger charge is -2.15. The molecule has 1 heterocycles. The molecule has 0 aliphatic rings. The average Bonchev–Trinajstić information content (AvgIpc) is 3.61. The number of aryl methyl sites for hydroxylation is 1. The number of rotatable bonds is 4. The predicted molar refractivity (Wildman–Crippen MR) is 227 cm³/mol. The molecule has 2 nitrogen and oxygen atoms in total. The summed E-state index contributed by atoms with van der Waals surface area (Å²) in [5, 5.41) is 15.4. The summed E-state index contributed by atoms with van der Waals surface area (Å²) in [7, 11) is 0. The van der Waals surface area contributed by atoms with Crippen molar-refractivity contribution < 1.29 is 0 Å². The molecule has 0 fully saturated rings. The van der Waals surface area contributed by atoms with Gasteiger partial charge in [0.2, 0.25) is 0 Å². The average molecular weight is 675 g/mol. The van der Waals surface area contributed by atoms with Crippen LogP contribution in [0, 0.1) is 0 Å². The highest BCUT2D eigenvalue weighted by Crippen LogP contribution is 2.42. The smallest absolute Gasteiger partial charge is 0.141 e. The molecule has 0 saturated heterocycles. The van der Waals surface area contributed by atoms with E-state index < -0.39 is 0 Å². The molecule has 11 rings (SSSR count). The van der Waals surface area contributed by atoms with Crippen molar-refractivity contribution in [3.05, 3.63) is 176 Å². The Morgan fingerprint density at radius 3 is 1.57 bits per heavy atom. The van der Waals surface area contributed by atoms with E-state index in [-0.39, 0.29) is 0 Å². The lowest BCUT2D eigenvalue weighted by atomic mass is 9.88. The van der Waals surface area contributed by atoms with Crippen molar-refractivity contribution in [3.63, 3.8) is 0 Å². The van der Waals surface area contributed by atoms with E-state index in [0.29, 0.717) is 0 Å². The van der Waals surface area contributed by atoms with Crippen LogP contribution in [0.1, 0.15) is 6.92 Å². The molecule has 1 aromatic heterocycles. The Kier molecular flexibility index (Phi) is 6.56. The monoisotopic (exact) mass is 674 g/mol.